The van der Waals surface area contributed by atoms with E-state index in [-0.39, 0.29) is 12.1 Å². The van der Waals surface area contributed by atoms with Crippen molar-refractivity contribution in [3.63, 3.8) is 0 Å². The summed E-state index contributed by atoms with van der Waals surface area (Å²) < 4.78 is 12.7. The molecule has 0 spiro atoms. The van der Waals surface area contributed by atoms with Crippen LogP contribution in [0.5, 0.6) is 0 Å². The zero-order valence-corrected chi connectivity index (χ0v) is 23.9. The number of esters is 1. The van der Waals surface area contributed by atoms with Crippen LogP contribution in [0, 0.1) is 12.3 Å². The Balaban J connectivity index is 1.43. The fourth-order valence-electron chi connectivity index (χ4n) is 6.46. The average Bonchev–Trinajstić information content (AvgIpc) is 2.98. The summed E-state index contributed by atoms with van der Waals surface area (Å²) in [6, 6.07) is 1.61. The molecule has 2 rings (SSSR count). The molecule has 0 aromatic heterocycles. The van der Waals surface area contributed by atoms with Gasteiger partial charge in [0.1, 0.15) is 6.10 Å². The van der Waals surface area contributed by atoms with E-state index in [9.17, 15) is 4.79 Å². The fraction of sp³-hybridized carbons (Fsp3) is 0.935. The van der Waals surface area contributed by atoms with E-state index in [0.717, 1.165) is 31.5 Å². The van der Waals surface area contributed by atoms with Gasteiger partial charge in [0.15, 0.2) is 0 Å². The molecule has 0 amide bonds. The summed E-state index contributed by atoms with van der Waals surface area (Å²) in [5, 5.41) is 0. The lowest BCUT2D eigenvalue weighted by Gasteiger charge is -2.44. The number of carbonyl (C=O) groups is 1. The maximum atomic E-state index is 11.6. The second-order valence-corrected chi connectivity index (χ2v) is 12.1. The zero-order valence-electron chi connectivity index (χ0n) is 23.9. The number of fused-ring (bicyclic) bond motifs is 2. The first-order valence-electron chi connectivity index (χ1n) is 15.3. The number of unbranched alkanes of at least 4 members (excludes halogenated alkanes) is 13. The molecule has 2 heterocycles. The molecule has 4 nitrogen and oxygen atoms in total. The van der Waals surface area contributed by atoms with Crippen molar-refractivity contribution in [1.82, 2.24) is 0 Å². The number of carbonyl (C=O) groups excluding carboxylic acids is 1. The maximum absolute atomic E-state index is 11.6. The first kappa shape index (κ1) is 30.6. The maximum Gasteiger partial charge on any atom is 0.302 e. The van der Waals surface area contributed by atoms with Crippen molar-refractivity contribution in [3.8, 4) is 0 Å². The van der Waals surface area contributed by atoms with Gasteiger partial charge < -0.3 is 14.0 Å². The van der Waals surface area contributed by atoms with Gasteiger partial charge in [-0.05, 0) is 25.2 Å². The largest absolute Gasteiger partial charge is 0.460 e. The number of rotatable bonds is 21. The summed E-state index contributed by atoms with van der Waals surface area (Å²) in [6.07, 6.45) is 27.7. The lowest BCUT2D eigenvalue weighted by atomic mass is 9.85. The second kappa shape index (κ2) is 17.8. The van der Waals surface area contributed by atoms with E-state index in [1.807, 2.05) is 0 Å². The van der Waals surface area contributed by atoms with Gasteiger partial charge in [0.25, 0.3) is 0 Å². The lowest BCUT2D eigenvalue weighted by molar-refractivity contribution is -0.931. The Morgan fingerprint density at radius 2 is 1.31 bits per heavy atom. The highest BCUT2D eigenvalue weighted by atomic mass is 16.6. The molecule has 205 valence electrons. The molecule has 0 aromatic carbocycles. The van der Waals surface area contributed by atoms with Crippen molar-refractivity contribution < 1.29 is 18.8 Å². The number of hydrogen-bond donors (Lipinski definition) is 0. The SMILES string of the molecule is CCCCCCCCCCCCCCCCOCC(C[CH]C1CC2CCC(C1)[N+]2(C)C)OC(C)=O. The smallest absolute Gasteiger partial charge is 0.302 e. The molecular weight excluding hydrogens is 434 g/mol. The minimum absolute atomic E-state index is 0.124. The first-order valence-corrected chi connectivity index (χ1v) is 15.3. The third-order valence-corrected chi connectivity index (χ3v) is 8.88. The Kier molecular flexibility index (Phi) is 15.5. The molecule has 2 aliphatic heterocycles. The summed E-state index contributed by atoms with van der Waals surface area (Å²) in [7, 11) is 4.82. The van der Waals surface area contributed by atoms with Crippen molar-refractivity contribution >= 4 is 5.97 Å². The Labute approximate surface area is 218 Å². The molecule has 35 heavy (non-hydrogen) atoms. The van der Waals surface area contributed by atoms with Crippen LogP contribution in [0.1, 0.15) is 136 Å². The van der Waals surface area contributed by atoms with Gasteiger partial charge in [0.05, 0.1) is 32.8 Å². The molecule has 2 fully saturated rings. The van der Waals surface area contributed by atoms with Crippen LogP contribution in [0.25, 0.3) is 0 Å². The van der Waals surface area contributed by atoms with Crippen LogP contribution in [-0.4, -0.2) is 55.9 Å². The van der Waals surface area contributed by atoms with Crippen LogP contribution in [0.15, 0.2) is 0 Å². The van der Waals surface area contributed by atoms with Crippen molar-refractivity contribution in [1.29, 1.82) is 0 Å². The highest BCUT2D eigenvalue weighted by Crippen LogP contribution is 2.43. The quantitative estimate of drug-likeness (QED) is 0.0922. The molecule has 0 aromatic rings. The van der Waals surface area contributed by atoms with E-state index in [1.165, 1.54) is 121 Å². The van der Waals surface area contributed by atoms with E-state index >= 15 is 0 Å². The van der Waals surface area contributed by atoms with Gasteiger partial charge in [0.2, 0.25) is 0 Å². The van der Waals surface area contributed by atoms with E-state index in [2.05, 4.69) is 27.4 Å². The molecular formula is C31H59NO3+. The van der Waals surface area contributed by atoms with Crippen LogP contribution in [0.4, 0.5) is 0 Å². The topological polar surface area (TPSA) is 35.5 Å². The molecule has 0 aliphatic carbocycles. The Hall–Kier alpha value is -0.610. The lowest BCUT2D eigenvalue weighted by Crippen LogP contribution is -2.54. The third-order valence-electron chi connectivity index (χ3n) is 8.88. The first-order chi connectivity index (χ1) is 16.9. The summed E-state index contributed by atoms with van der Waals surface area (Å²) >= 11 is 0. The van der Waals surface area contributed by atoms with Crippen LogP contribution in [0.2, 0.25) is 0 Å². The van der Waals surface area contributed by atoms with E-state index < -0.39 is 0 Å². The van der Waals surface area contributed by atoms with Gasteiger partial charge in [-0.15, -0.1) is 0 Å². The predicted octanol–water partition coefficient (Wildman–Crippen LogP) is 8.03. The molecule has 0 saturated carbocycles. The number of nitrogens with zero attached hydrogens (tertiary/aromatic N) is 1. The molecule has 4 heteroatoms. The number of hydrogen-bond acceptors (Lipinski definition) is 3. The fourth-order valence-corrected chi connectivity index (χ4v) is 6.46. The zero-order chi connectivity index (χ0) is 25.4. The van der Waals surface area contributed by atoms with Gasteiger partial charge in [-0.25, -0.2) is 0 Å². The monoisotopic (exact) mass is 493 g/mol. The normalized spacial score (nSPS) is 23.9. The van der Waals surface area contributed by atoms with Crippen LogP contribution in [-0.2, 0) is 14.3 Å². The number of piperidine rings is 1. The van der Waals surface area contributed by atoms with E-state index in [4.69, 9.17) is 9.47 Å². The molecule has 2 bridgehead atoms. The highest BCUT2D eigenvalue weighted by molar-refractivity contribution is 5.66. The number of ether oxygens (including phenoxy) is 2. The van der Waals surface area contributed by atoms with Crippen LogP contribution < -0.4 is 0 Å². The van der Waals surface area contributed by atoms with Gasteiger partial charge in [-0.3, -0.25) is 4.79 Å². The summed E-state index contributed by atoms with van der Waals surface area (Å²) in [4.78, 5) is 11.6. The van der Waals surface area contributed by atoms with E-state index in [1.54, 1.807) is 0 Å². The van der Waals surface area contributed by atoms with Gasteiger partial charge in [-0.1, -0.05) is 90.4 Å². The Bertz CT molecular complexity index is 533. The second-order valence-electron chi connectivity index (χ2n) is 12.1. The number of quaternary nitrogens is 1. The van der Waals surface area contributed by atoms with Gasteiger partial charge in [-0.2, -0.15) is 0 Å². The molecule has 1 radical (unpaired) electrons. The highest BCUT2D eigenvalue weighted by Gasteiger charge is 2.48. The van der Waals surface area contributed by atoms with Crippen molar-refractivity contribution in [2.45, 2.75) is 154 Å². The van der Waals surface area contributed by atoms with Gasteiger partial charge >= 0.3 is 5.97 Å². The van der Waals surface area contributed by atoms with Crippen molar-refractivity contribution in [3.05, 3.63) is 6.42 Å². The van der Waals surface area contributed by atoms with Crippen LogP contribution in [0.3, 0.4) is 0 Å². The molecule has 2 aliphatic rings. The standard InChI is InChI=1S/C31H59NO3/c1-5-6-7-8-9-10-11-12-13-14-15-16-17-18-23-34-26-31(35-27(2)33)22-19-28-24-29-20-21-30(25-28)32(29,3)4/h19,28-31H,5-18,20-26H2,1-4H3/q+1. The predicted molar refractivity (Wildman–Crippen MR) is 147 cm³/mol. The van der Waals surface area contributed by atoms with Crippen LogP contribution >= 0.6 is 0 Å². The summed E-state index contributed by atoms with van der Waals surface area (Å²) in [5.74, 6) is 0.479. The average molecular weight is 494 g/mol. The Morgan fingerprint density at radius 3 is 1.80 bits per heavy atom. The summed E-state index contributed by atoms with van der Waals surface area (Å²) in [6.45, 7) is 5.13. The van der Waals surface area contributed by atoms with Crippen molar-refractivity contribution in [2.24, 2.45) is 5.92 Å². The van der Waals surface area contributed by atoms with E-state index in [0.29, 0.717) is 12.5 Å². The Morgan fingerprint density at radius 1 is 0.829 bits per heavy atom. The van der Waals surface area contributed by atoms with Crippen molar-refractivity contribution in [2.75, 3.05) is 27.3 Å². The minimum atomic E-state index is -0.190. The molecule has 0 N–H and O–H groups in total. The molecule has 2 saturated heterocycles. The summed E-state index contributed by atoms with van der Waals surface area (Å²) in [5.41, 5.74) is 0. The van der Waals surface area contributed by atoms with Gasteiger partial charge in [0, 0.05) is 39.2 Å². The minimum Gasteiger partial charge on any atom is -0.460 e. The molecule has 3 atom stereocenters. The molecule has 3 unspecified atom stereocenters. The third kappa shape index (κ3) is 12.5.